The van der Waals surface area contributed by atoms with E-state index in [1.54, 1.807) is 31.2 Å². The Bertz CT molecular complexity index is 922. The maximum Gasteiger partial charge on any atom is 0.255 e. The highest BCUT2D eigenvalue weighted by Gasteiger charge is 2.08. The van der Waals surface area contributed by atoms with E-state index in [1.807, 2.05) is 54.6 Å². The summed E-state index contributed by atoms with van der Waals surface area (Å²) in [6.45, 7) is 1.78. The highest BCUT2D eigenvalue weighted by atomic mass is 16.2. The van der Waals surface area contributed by atoms with Crippen molar-refractivity contribution in [1.82, 2.24) is 0 Å². The van der Waals surface area contributed by atoms with Crippen molar-refractivity contribution in [2.24, 2.45) is 0 Å². The van der Waals surface area contributed by atoms with Gasteiger partial charge in [0.2, 0.25) is 5.91 Å². The summed E-state index contributed by atoms with van der Waals surface area (Å²) in [4.78, 5) is 24.0. The lowest BCUT2D eigenvalue weighted by molar-refractivity contribution is -0.115. The fraction of sp³-hybridized carbons (Fsp3) is 0.0909. The fourth-order valence-corrected chi connectivity index (χ4v) is 2.52. The molecule has 5 heteroatoms. The van der Waals surface area contributed by atoms with E-state index in [9.17, 15) is 9.59 Å². The Hall–Kier alpha value is -3.60. The third kappa shape index (κ3) is 5.19. The molecule has 3 N–H and O–H groups in total. The van der Waals surface area contributed by atoms with Crippen molar-refractivity contribution < 1.29 is 9.59 Å². The molecule has 0 bridgehead atoms. The van der Waals surface area contributed by atoms with Gasteiger partial charge in [-0.05, 0) is 54.6 Å². The number of para-hydroxylation sites is 1. The van der Waals surface area contributed by atoms with Gasteiger partial charge in [0.1, 0.15) is 0 Å². The molecule has 27 heavy (non-hydrogen) atoms. The average Bonchev–Trinajstić information content (AvgIpc) is 2.70. The molecule has 0 unspecified atom stereocenters. The first kappa shape index (κ1) is 18.2. The molecule has 2 amide bonds. The zero-order valence-corrected chi connectivity index (χ0v) is 15.0. The molecule has 0 spiro atoms. The number of hydrogen-bond donors (Lipinski definition) is 3. The highest BCUT2D eigenvalue weighted by Crippen LogP contribution is 2.19. The molecule has 0 saturated carbocycles. The first-order chi connectivity index (χ1) is 13.1. The Morgan fingerprint density at radius 2 is 1.33 bits per heavy atom. The van der Waals surface area contributed by atoms with Gasteiger partial charge in [0.25, 0.3) is 5.91 Å². The molecule has 0 aliphatic heterocycles. The second-order valence-electron chi connectivity index (χ2n) is 6.01. The number of amides is 2. The molecule has 3 rings (SSSR count). The molecule has 3 aromatic rings. The molecule has 0 aliphatic carbocycles. The standard InChI is InChI=1S/C22H21N3O2/c1-2-21(26)24-20-10-6-7-16(15-20)22(27)25-19-13-11-18(12-14-19)23-17-8-4-3-5-9-17/h3-15,23H,2H2,1H3,(H,24,26)(H,25,27). The number of nitrogens with one attached hydrogen (secondary N) is 3. The van der Waals surface area contributed by atoms with E-state index in [1.165, 1.54) is 0 Å². The lowest BCUT2D eigenvalue weighted by Gasteiger charge is -2.10. The second kappa shape index (κ2) is 8.67. The van der Waals surface area contributed by atoms with Gasteiger partial charge in [-0.3, -0.25) is 9.59 Å². The van der Waals surface area contributed by atoms with E-state index in [4.69, 9.17) is 0 Å². The van der Waals surface area contributed by atoms with Crippen LogP contribution in [0.1, 0.15) is 23.7 Å². The van der Waals surface area contributed by atoms with Crippen LogP contribution in [0.3, 0.4) is 0 Å². The van der Waals surface area contributed by atoms with Gasteiger partial charge in [-0.25, -0.2) is 0 Å². The lowest BCUT2D eigenvalue weighted by Crippen LogP contribution is -2.13. The van der Waals surface area contributed by atoms with Crippen molar-refractivity contribution in [3.05, 3.63) is 84.4 Å². The number of benzene rings is 3. The number of hydrogen-bond acceptors (Lipinski definition) is 3. The predicted octanol–water partition coefficient (Wildman–Crippen LogP) is 5.03. The molecular formula is C22H21N3O2. The maximum absolute atomic E-state index is 12.5. The number of rotatable bonds is 6. The summed E-state index contributed by atoms with van der Waals surface area (Å²) in [5, 5.41) is 8.91. The van der Waals surface area contributed by atoms with E-state index in [0.29, 0.717) is 23.4 Å². The minimum atomic E-state index is -0.230. The third-order valence-corrected chi connectivity index (χ3v) is 3.93. The second-order valence-corrected chi connectivity index (χ2v) is 6.01. The van der Waals surface area contributed by atoms with E-state index in [-0.39, 0.29) is 11.8 Å². The Morgan fingerprint density at radius 3 is 2.04 bits per heavy atom. The van der Waals surface area contributed by atoms with Crippen molar-refractivity contribution in [2.75, 3.05) is 16.0 Å². The van der Waals surface area contributed by atoms with Gasteiger partial charge < -0.3 is 16.0 Å². The summed E-state index contributed by atoms with van der Waals surface area (Å²) in [5.74, 6) is -0.319. The summed E-state index contributed by atoms with van der Waals surface area (Å²) in [5.41, 5.74) is 3.72. The van der Waals surface area contributed by atoms with Crippen LogP contribution in [0.5, 0.6) is 0 Å². The summed E-state index contributed by atoms with van der Waals surface area (Å²) in [6, 6.07) is 24.2. The monoisotopic (exact) mass is 359 g/mol. The Kier molecular flexibility index (Phi) is 5.84. The molecule has 0 atom stereocenters. The molecule has 0 fully saturated rings. The molecular weight excluding hydrogens is 338 g/mol. The van der Waals surface area contributed by atoms with E-state index in [2.05, 4.69) is 16.0 Å². The first-order valence-electron chi connectivity index (χ1n) is 8.77. The van der Waals surface area contributed by atoms with Gasteiger partial charge in [0.15, 0.2) is 0 Å². The number of carbonyl (C=O) groups is 2. The van der Waals surface area contributed by atoms with Gasteiger partial charge >= 0.3 is 0 Å². The number of anilines is 4. The van der Waals surface area contributed by atoms with Crippen molar-refractivity contribution in [3.63, 3.8) is 0 Å². The minimum absolute atomic E-state index is 0.0888. The van der Waals surface area contributed by atoms with Crippen LogP contribution in [0.15, 0.2) is 78.9 Å². The van der Waals surface area contributed by atoms with Gasteiger partial charge in [-0.1, -0.05) is 31.2 Å². The smallest absolute Gasteiger partial charge is 0.255 e. The zero-order chi connectivity index (χ0) is 19.1. The molecule has 0 heterocycles. The van der Waals surface area contributed by atoms with Crippen LogP contribution in [0.25, 0.3) is 0 Å². The van der Waals surface area contributed by atoms with Crippen LogP contribution >= 0.6 is 0 Å². The Labute approximate surface area is 158 Å². The van der Waals surface area contributed by atoms with E-state index in [0.717, 1.165) is 11.4 Å². The minimum Gasteiger partial charge on any atom is -0.356 e. The average molecular weight is 359 g/mol. The molecule has 0 aliphatic rings. The summed E-state index contributed by atoms with van der Waals surface area (Å²) >= 11 is 0. The predicted molar refractivity (Wildman–Crippen MR) is 109 cm³/mol. The largest absolute Gasteiger partial charge is 0.356 e. The lowest BCUT2D eigenvalue weighted by atomic mass is 10.1. The van der Waals surface area contributed by atoms with Crippen LogP contribution in [0.4, 0.5) is 22.7 Å². The molecule has 0 aromatic heterocycles. The van der Waals surface area contributed by atoms with Crippen molar-refractivity contribution in [3.8, 4) is 0 Å². The maximum atomic E-state index is 12.5. The fourth-order valence-electron chi connectivity index (χ4n) is 2.52. The van der Waals surface area contributed by atoms with Gasteiger partial charge in [-0.15, -0.1) is 0 Å². The Balaban J connectivity index is 1.64. The van der Waals surface area contributed by atoms with Gasteiger partial charge in [-0.2, -0.15) is 0 Å². The van der Waals surface area contributed by atoms with Crippen molar-refractivity contribution in [1.29, 1.82) is 0 Å². The van der Waals surface area contributed by atoms with Gasteiger partial charge in [0.05, 0.1) is 0 Å². The summed E-state index contributed by atoms with van der Waals surface area (Å²) in [6.07, 6.45) is 0.389. The van der Waals surface area contributed by atoms with Crippen LogP contribution in [0.2, 0.25) is 0 Å². The third-order valence-electron chi connectivity index (χ3n) is 3.93. The van der Waals surface area contributed by atoms with Gasteiger partial charge in [0, 0.05) is 34.7 Å². The SMILES string of the molecule is CCC(=O)Nc1cccc(C(=O)Nc2ccc(Nc3ccccc3)cc2)c1. The van der Waals surface area contributed by atoms with Crippen molar-refractivity contribution >= 4 is 34.6 Å². The molecule has 0 saturated heterocycles. The zero-order valence-electron chi connectivity index (χ0n) is 15.0. The van der Waals surface area contributed by atoms with Crippen LogP contribution < -0.4 is 16.0 Å². The molecule has 136 valence electrons. The van der Waals surface area contributed by atoms with Crippen LogP contribution in [-0.2, 0) is 4.79 Å². The normalized spacial score (nSPS) is 10.1. The highest BCUT2D eigenvalue weighted by molar-refractivity contribution is 6.05. The Morgan fingerprint density at radius 1 is 0.704 bits per heavy atom. The van der Waals surface area contributed by atoms with Crippen LogP contribution in [-0.4, -0.2) is 11.8 Å². The summed E-state index contributed by atoms with van der Waals surface area (Å²) < 4.78 is 0. The van der Waals surface area contributed by atoms with Crippen molar-refractivity contribution in [2.45, 2.75) is 13.3 Å². The molecule has 0 radical (unpaired) electrons. The molecule has 3 aromatic carbocycles. The summed E-state index contributed by atoms with van der Waals surface area (Å²) in [7, 11) is 0. The van der Waals surface area contributed by atoms with E-state index < -0.39 is 0 Å². The van der Waals surface area contributed by atoms with E-state index >= 15 is 0 Å². The number of carbonyl (C=O) groups excluding carboxylic acids is 2. The van der Waals surface area contributed by atoms with Crippen LogP contribution in [0, 0.1) is 0 Å². The quantitative estimate of drug-likeness (QED) is 0.578. The molecule has 5 nitrogen and oxygen atoms in total. The topological polar surface area (TPSA) is 70.2 Å². The first-order valence-corrected chi connectivity index (χ1v) is 8.77.